The molecular weight excluding hydrogens is 514 g/mol. The number of carboxylic acid groups (broad SMARTS) is 1. The first-order valence-electron chi connectivity index (χ1n) is 13.7. The summed E-state index contributed by atoms with van der Waals surface area (Å²) in [5.41, 5.74) is 1.54. The molecule has 2 aliphatic rings. The minimum atomic E-state index is -3.70. The third kappa shape index (κ3) is 5.47. The summed E-state index contributed by atoms with van der Waals surface area (Å²) >= 11 is 0. The highest BCUT2D eigenvalue weighted by atomic mass is 32.2. The van der Waals surface area contributed by atoms with Gasteiger partial charge in [-0.1, -0.05) is 36.4 Å². The third-order valence-corrected chi connectivity index (χ3v) is 10.5. The predicted octanol–water partition coefficient (Wildman–Crippen LogP) is 5.19. The molecule has 39 heavy (non-hydrogen) atoms. The molecule has 0 unspecified atom stereocenters. The number of nitrogens with zero attached hydrogens (tertiary/aromatic N) is 1. The van der Waals surface area contributed by atoms with Crippen molar-refractivity contribution < 1.29 is 23.1 Å². The number of fused-ring (bicyclic) bond motifs is 1. The Kier molecular flexibility index (Phi) is 7.33. The quantitative estimate of drug-likeness (QED) is 0.338. The van der Waals surface area contributed by atoms with Gasteiger partial charge in [0.25, 0.3) is 0 Å². The van der Waals surface area contributed by atoms with Gasteiger partial charge in [0.05, 0.1) is 16.4 Å². The summed E-state index contributed by atoms with van der Waals surface area (Å²) in [5, 5.41) is 13.9. The van der Waals surface area contributed by atoms with Crippen molar-refractivity contribution in [3.63, 3.8) is 0 Å². The van der Waals surface area contributed by atoms with Crippen molar-refractivity contribution in [3.8, 4) is 0 Å². The van der Waals surface area contributed by atoms with Crippen LogP contribution in [0.2, 0.25) is 0 Å². The Bertz CT molecular complexity index is 1470. The molecule has 0 aliphatic heterocycles. The molecular formula is C30H37N3O5S. The number of carbonyl (C=O) groups is 2. The van der Waals surface area contributed by atoms with E-state index in [2.05, 4.69) is 16.4 Å². The highest BCUT2D eigenvalue weighted by Crippen LogP contribution is 2.41. The number of rotatable bonds is 9. The number of sulfonamides is 1. The number of benzene rings is 2. The lowest BCUT2D eigenvalue weighted by Gasteiger charge is -2.36. The van der Waals surface area contributed by atoms with Gasteiger partial charge in [0.15, 0.2) is 0 Å². The van der Waals surface area contributed by atoms with Crippen molar-refractivity contribution in [2.24, 2.45) is 11.3 Å². The smallest absolute Gasteiger partial charge is 0.311 e. The minimum Gasteiger partial charge on any atom is -0.481 e. The molecule has 5 rings (SSSR count). The molecule has 1 amide bonds. The largest absolute Gasteiger partial charge is 0.481 e. The van der Waals surface area contributed by atoms with Crippen LogP contribution in [0.15, 0.2) is 59.5 Å². The number of hydrogen-bond donors (Lipinski definition) is 3. The van der Waals surface area contributed by atoms with Crippen molar-refractivity contribution in [2.45, 2.75) is 75.3 Å². The highest BCUT2D eigenvalue weighted by Gasteiger charge is 2.41. The molecule has 1 heterocycles. The lowest BCUT2D eigenvalue weighted by molar-refractivity contribution is -0.149. The maximum atomic E-state index is 13.5. The topological polar surface area (TPSA) is 120 Å². The number of amides is 1. The third-order valence-electron chi connectivity index (χ3n) is 8.58. The second-order valence-corrected chi connectivity index (χ2v) is 13.7. The number of carboxylic acids is 1. The van der Waals surface area contributed by atoms with E-state index in [4.69, 9.17) is 0 Å². The minimum absolute atomic E-state index is 0.189. The van der Waals surface area contributed by atoms with Crippen LogP contribution < -0.4 is 5.32 Å². The van der Waals surface area contributed by atoms with Crippen molar-refractivity contribution in [2.75, 3.05) is 7.05 Å². The van der Waals surface area contributed by atoms with E-state index >= 15 is 0 Å². The molecule has 9 heteroatoms. The highest BCUT2D eigenvalue weighted by molar-refractivity contribution is 7.89. The van der Waals surface area contributed by atoms with Crippen LogP contribution in [0.1, 0.15) is 75.6 Å². The molecule has 2 fully saturated rings. The number of aliphatic carboxylic acids is 1. The van der Waals surface area contributed by atoms with Crippen molar-refractivity contribution >= 4 is 32.8 Å². The molecule has 8 nitrogen and oxygen atoms in total. The van der Waals surface area contributed by atoms with Crippen LogP contribution in [0, 0.1) is 11.3 Å². The summed E-state index contributed by atoms with van der Waals surface area (Å²) in [4.78, 5) is 29.0. The molecule has 0 saturated heterocycles. The number of hydrogen-bond acceptors (Lipinski definition) is 4. The first-order valence-corrected chi connectivity index (χ1v) is 15.1. The lowest BCUT2D eigenvalue weighted by atomic mass is 9.79. The average molecular weight is 552 g/mol. The predicted molar refractivity (Wildman–Crippen MR) is 150 cm³/mol. The monoisotopic (exact) mass is 551 g/mol. The van der Waals surface area contributed by atoms with Gasteiger partial charge in [-0.2, -0.15) is 4.31 Å². The van der Waals surface area contributed by atoms with E-state index in [1.807, 2.05) is 36.4 Å². The van der Waals surface area contributed by atoms with Gasteiger partial charge in [-0.05, 0) is 87.4 Å². The van der Waals surface area contributed by atoms with Crippen molar-refractivity contribution in [1.82, 2.24) is 14.6 Å². The Balaban J connectivity index is 1.24. The summed E-state index contributed by atoms with van der Waals surface area (Å²) in [6.45, 7) is 3.22. The average Bonchev–Trinajstić information content (AvgIpc) is 3.69. The van der Waals surface area contributed by atoms with E-state index in [1.54, 1.807) is 33.0 Å². The molecule has 0 spiro atoms. The zero-order valence-corrected chi connectivity index (χ0v) is 23.5. The maximum absolute atomic E-state index is 13.5. The van der Waals surface area contributed by atoms with Crippen LogP contribution in [-0.2, 0) is 19.6 Å². The van der Waals surface area contributed by atoms with Crippen LogP contribution in [0.3, 0.4) is 0 Å². The van der Waals surface area contributed by atoms with Gasteiger partial charge in [-0.25, -0.2) is 8.42 Å². The Morgan fingerprint density at radius 3 is 2.28 bits per heavy atom. The van der Waals surface area contributed by atoms with Crippen molar-refractivity contribution in [3.05, 3.63) is 65.9 Å². The summed E-state index contributed by atoms with van der Waals surface area (Å²) in [6, 6.07) is 15.6. The van der Waals surface area contributed by atoms with Gasteiger partial charge in [-0.3, -0.25) is 9.59 Å². The molecule has 2 aliphatic carbocycles. The van der Waals surface area contributed by atoms with E-state index in [1.165, 1.54) is 22.8 Å². The number of aromatic nitrogens is 1. The van der Waals surface area contributed by atoms with E-state index in [9.17, 15) is 23.1 Å². The molecule has 2 aromatic carbocycles. The fourth-order valence-corrected chi connectivity index (χ4v) is 7.12. The molecule has 0 bridgehead atoms. The first-order chi connectivity index (χ1) is 18.5. The normalized spacial score (nSPS) is 21.1. The number of aromatic amines is 1. The van der Waals surface area contributed by atoms with Gasteiger partial charge in [-0.15, -0.1) is 0 Å². The van der Waals surface area contributed by atoms with Crippen molar-refractivity contribution in [1.29, 1.82) is 0 Å². The van der Waals surface area contributed by atoms with E-state index in [-0.39, 0.29) is 22.8 Å². The second-order valence-electron chi connectivity index (χ2n) is 11.7. The van der Waals surface area contributed by atoms with Crippen LogP contribution in [0.25, 0.3) is 10.9 Å². The van der Waals surface area contributed by atoms with Gasteiger partial charge in [0, 0.05) is 30.2 Å². The van der Waals surface area contributed by atoms with Gasteiger partial charge < -0.3 is 15.4 Å². The standard InChI is InChI=1S/C30H37N3O5S/c1-30(2,29(35)36)27(20-7-5-4-6-8-20)32-28(34)21-11-14-23(15-12-21)33(3)39(37,38)24-16-13-22-17-25(19-9-10-19)31-26(22)18-24/h4-8,13,16-19,21,23,27,31H,9-12,14-15H2,1-3H3,(H,32,34)(H,35,36)/t21-,23-,27-/m0/s1. The van der Waals surface area contributed by atoms with Crippen LogP contribution in [0.4, 0.5) is 0 Å². The molecule has 1 aromatic heterocycles. The van der Waals surface area contributed by atoms with Gasteiger partial charge >= 0.3 is 5.97 Å². The number of H-pyrrole nitrogens is 1. The van der Waals surface area contributed by atoms with E-state index in [0.29, 0.717) is 31.6 Å². The maximum Gasteiger partial charge on any atom is 0.311 e. The van der Waals surface area contributed by atoms with Gasteiger partial charge in [0.1, 0.15) is 0 Å². The van der Waals surface area contributed by atoms with Gasteiger partial charge in [0.2, 0.25) is 15.9 Å². The molecule has 0 radical (unpaired) electrons. The van der Waals surface area contributed by atoms with E-state index < -0.39 is 27.4 Å². The number of nitrogens with one attached hydrogen (secondary N) is 2. The zero-order chi connectivity index (χ0) is 27.9. The van der Waals surface area contributed by atoms with Crippen LogP contribution in [0.5, 0.6) is 0 Å². The molecule has 3 aromatic rings. The second kappa shape index (κ2) is 10.4. The molecule has 3 N–H and O–H groups in total. The molecule has 2 saturated carbocycles. The molecule has 1 atom stereocenters. The van der Waals surface area contributed by atoms with Crippen LogP contribution in [-0.4, -0.2) is 47.8 Å². The first kappa shape index (κ1) is 27.4. The molecule has 208 valence electrons. The SMILES string of the molecule is CN([C@H]1CC[C@H](C(=O)N[C@@H](c2ccccc2)C(C)(C)C(=O)O)CC1)S(=O)(=O)c1ccc2cc(C3CC3)[nH]c2c1. The Morgan fingerprint density at radius 2 is 1.67 bits per heavy atom. The Hall–Kier alpha value is -3.17. The Morgan fingerprint density at radius 1 is 1.00 bits per heavy atom. The fraction of sp³-hybridized carbons (Fsp3) is 0.467. The fourth-order valence-electron chi connectivity index (χ4n) is 5.68. The Labute approximate surface area is 229 Å². The summed E-state index contributed by atoms with van der Waals surface area (Å²) in [7, 11) is -2.08. The van der Waals surface area contributed by atoms with E-state index in [0.717, 1.165) is 16.5 Å². The summed E-state index contributed by atoms with van der Waals surface area (Å²) in [6.07, 6.45) is 4.53. The summed E-state index contributed by atoms with van der Waals surface area (Å²) in [5.74, 6) is -0.922. The van der Waals surface area contributed by atoms with Crippen LogP contribution >= 0.6 is 0 Å². The lowest BCUT2D eigenvalue weighted by Crippen LogP contribution is -2.46. The summed E-state index contributed by atoms with van der Waals surface area (Å²) < 4.78 is 28.4. The zero-order valence-electron chi connectivity index (χ0n) is 22.7. The number of carbonyl (C=O) groups excluding carboxylic acids is 1.